The molecule has 0 spiro atoms. The number of nitrogens with zero attached hydrogens (tertiary/aromatic N) is 2. The lowest BCUT2D eigenvalue weighted by atomic mass is 10.1. The Balaban J connectivity index is 1.82. The van der Waals surface area contributed by atoms with Gasteiger partial charge in [0.05, 0.1) is 26.3 Å². The van der Waals surface area contributed by atoms with Gasteiger partial charge >= 0.3 is 6.09 Å². The van der Waals surface area contributed by atoms with Crippen LogP contribution in [0.15, 0.2) is 46.1 Å². The fraction of sp³-hybridized carbons (Fsp3) is 0.105. The van der Waals surface area contributed by atoms with Gasteiger partial charge in [-0.1, -0.05) is 75.8 Å². The Morgan fingerprint density at radius 2 is 1.69 bits per heavy atom. The Kier molecular flexibility index (Phi) is 7.03. The van der Waals surface area contributed by atoms with Crippen LogP contribution < -0.4 is 5.32 Å². The van der Waals surface area contributed by atoms with Gasteiger partial charge in [-0.25, -0.2) is 4.79 Å². The SMILES string of the molecule is CCc1onc(-c2c(Cl)cccc2Cl)c1NC(=O)O/N=C/c1c(Cl)cccc1Cl. The first kappa shape index (κ1) is 21.5. The summed E-state index contributed by atoms with van der Waals surface area (Å²) in [6.45, 7) is 1.84. The van der Waals surface area contributed by atoms with Gasteiger partial charge in [-0.3, -0.25) is 10.2 Å². The second kappa shape index (κ2) is 9.50. The van der Waals surface area contributed by atoms with E-state index in [1.54, 1.807) is 36.4 Å². The molecule has 0 unspecified atom stereocenters. The van der Waals surface area contributed by atoms with Gasteiger partial charge in [0, 0.05) is 17.5 Å². The molecule has 0 fully saturated rings. The Labute approximate surface area is 186 Å². The van der Waals surface area contributed by atoms with E-state index in [4.69, 9.17) is 55.8 Å². The van der Waals surface area contributed by atoms with Crippen LogP contribution in [0.4, 0.5) is 10.5 Å². The van der Waals surface area contributed by atoms with E-state index in [2.05, 4.69) is 15.6 Å². The van der Waals surface area contributed by atoms with Crippen LogP contribution in [0, 0.1) is 0 Å². The van der Waals surface area contributed by atoms with Crippen molar-refractivity contribution >= 4 is 64.4 Å². The molecule has 3 aromatic rings. The molecule has 1 heterocycles. The van der Waals surface area contributed by atoms with Crippen LogP contribution >= 0.6 is 46.4 Å². The molecular weight excluding hydrogens is 460 g/mol. The van der Waals surface area contributed by atoms with Crippen LogP contribution in [0.1, 0.15) is 18.2 Å². The lowest BCUT2D eigenvalue weighted by molar-refractivity contribution is 0.167. The third-order valence-corrected chi connectivity index (χ3v) is 5.12. The fourth-order valence-electron chi connectivity index (χ4n) is 2.47. The molecular formula is C19H13Cl4N3O3. The minimum absolute atomic E-state index is 0.285. The molecule has 1 aromatic heterocycles. The zero-order valence-electron chi connectivity index (χ0n) is 14.9. The summed E-state index contributed by atoms with van der Waals surface area (Å²) in [5.74, 6) is 0.422. The summed E-state index contributed by atoms with van der Waals surface area (Å²) in [5.41, 5.74) is 1.43. The van der Waals surface area contributed by atoms with Crippen LogP contribution in [0.2, 0.25) is 20.1 Å². The number of halogens is 4. The number of aryl methyl sites for hydroxylation is 1. The van der Waals surface area contributed by atoms with Gasteiger partial charge in [-0.15, -0.1) is 0 Å². The van der Waals surface area contributed by atoms with Gasteiger partial charge in [-0.05, 0) is 24.3 Å². The Morgan fingerprint density at radius 1 is 1.10 bits per heavy atom. The number of carbonyl (C=O) groups excluding carboxylic acids is 1. The van der Waals surface area contributed by atoms with E-state index in [0.717, 1.165) is 0 Å². The van der Waals surface area contributed by atoms with E-state index in [0.29, 0.717) is 49.1 Å². The third kappa shape index (κ3) is 4.85. The highest BCUT2D eigenvalue weighted by molar-refractivity contribution is 6.39. The molecule has 150 valence electrons. The molecule has 0 aliphatic rings. The number of anilines is 1. The van der Waals surface area contributed by atoms with Gasteiger partial charge in [-0.2, -0.15) is 0 Å². The number of hydrogen-bond acceptors (Lipinski definition) is 5. The number of hydrogen-bond donors (Lipinski definition) is 1. The highest BCUT2D eigenvalue weighted by atomic mass is 35.5. The Morgan fingerprint density at radius 3 is 2.28 bits per heavy atom. The van der Waals surface area contributed by atoms with E-state index < -0.39 is 6.09 Å². The number of amides is 1. The maximum absolute atomic E-state index is 12.2. The first-order valence-electron chi connectivity index (χ1n) is 8.30. The molecule has 0 aliphatic carbocycles. The topological polar surface area (TPSA) is 76.7 Å². The van der Waals surface area contributed by atoms with Crippen LogP contribution in [-0.4, -0.2) is 17.5 Å². The van der Waals surface area contributed by atoms with Gasteiger partial charge in [0.15, 0.2) is 5.76 Å². The number of benzene rings is 2. The van der Waals surface area contributed by atoms with Crippen molar-refractivity contribution in [2.75, 3.05) is 5.32 Å². The summed E-state index contributed by atoms with van der Waals surface area (Å²) < 4.78 is 5.30. The second-order valence-corrected chi connectivity index (χ2v) is 7.28. The van der Waals surface area contributed by atoms with Crippen molar-refractivity contribution in [3.05, 3.63) is 67.8 Å². The summed E-state index contributed by atoms with van der Waals surface area (Å²) in [7, 11) is 0. The number of oxime groups is 1. The van der Waals surface area contributed by atoms with E-state index in [1.807, 2.05) is 6.92 Å². The second-order valence-electron chi connectivity index (χ2n) is 5.65. The third-order valence-electron chi connectivity index (χ3n) is 3.83. The Bertz CT molecular complexity index is 1040. The Hall–Kier alpha value is -2.25. The summed E-state index contributed by atoms with van der Waals surface area (Å²) in [6.07, 6.45) is 0.833. The number of aromatic nitrogens is 1. The molecule has 1 N–H and O–H groups in total. The van der Waals surface area contributed by atoms with Crippen LogP contribution in [0.5, 0.6) is 0 Å². The standard InChI is InChI=1S/C19H13Cl4N3O3/c1-2-15-17(18(26-28-15)16-13(22)7-4-8-14(16)23)25-19(27)29-24-9-10-11(20)5-3-6-12(10)21/h3-9H,2H2,1H3,(H,25,27)/b24-9+. The maximum Gasteiger partial charge on any atom is 0.438 e. The summed E-state index contributed by atoms with van der Waals surface area (Å²) >= 11 is 24.6. The van der Waals surface area contributed by atoms with Crippen molar-refractivity contribution in [1.29, 1.82) is 0 Å². The quantitative estimate of drug-likeness (QED) is 0.244. The van der Waals surface area contributed by atoms with Gasteiger partial charge in [0.1, 0.15) is 11.4 Å². The highest BCUT2D eigenvalue weighted by Gasteiger charge is 2.23. The number of carbonyl (C=O) groups is 1. The molecule has 0 saturated carbocycles. The van der Waals surface area contributed by atoms with Crippen molar-refractivity contribution in [3.8, 4) is 11.3 Å². The van der Waals surface area contributed by atoms with Crippen LogP contribution in [0.3, 0.4) is 0 Å². The lowest BCUT2D eigenvalue weighted by Crippen LogP contribution is -2.12. The van der Waals surface area contributed by atoms with E-state index in [9.17, 15) is 4.79 Å². The summed E-state index contributed by atoms with van der Waals surface area (Å²) in [5, 5.41) is 11.6. The average Bonchev–Trinajstić information content (AvgIpc) is 3.06. The molecule has 29 heavy (non-hydrogen) atoms. The molecule has 2 aromatic carbocycles. The molecule has 0 aliphatic heterocycles. The summed E-state index contributed by atoms with van der Waals surface area (Å²) in [4.78, 5) is 17.1. The van der Waals surface area contributed by atoms with E-state index in [1.165, 1.54) is 6.21 Å². The first-order valence-corrected chi connectivity index (χ1v) is 9.81. The predicted octanol–water partition coefficient (Wildman–Crippen LogP) is 7.10. The molecule has 6 nitrogen and oxygen atoms in total. The summed E-state index contributed by atoms with van der Waals surface area (Å²) in [6, 6.07) is 9.98. The van der Waals surface area contributed by atoms with Gasteiger partial charge in [0.2, 0.25) is 0 Å². The van der Waals surface area contributed by atoms with Gasteiger partial charge in [0.25, 0.3) is 0 Å². The van der Waals surface area contributed by atoms with Gasteiger partial charge < -0.3 is 4.52 Å². The lowest BCUT2D eigenvalue weighted by Gasteiger charge is -2.07. The molecule has 0 atom stereocenters. The monoisotopic (exact) mass is 471 g/mol. The smallest absolute Gasteiger partial charge is 0.359 e. The molecule has 0 saturated heterocycles. The average molecular weight is 473 g/mol. The number of nitrogens with one attached hydrogen (secondary N) is 1. The van der Waals surface area contributed by atoms with E-state index in [-0.39, 0.29) is 5.69 Å². The molecule has 1 amide bonds. The van der Waals surface area contributed by atoms with Crippen molar-refractivity contribution in [2.24, 2.45) is 5.16 Å². The van der Waals surface area contributed by atoms with E-state index >= 15 is 0 Å². The van der Waals surface area contributed by atoms with Crippen molar-refractivity contribution in [3.63, 3.8) is 0 Å². The van der Waals surface area contributed by atoms with Crippen LogP contribution in [-0.2, 0) is 11.3 Å². The molecule has 3 rings (SSSR count). The zero-order chi connectivity index (χ0) is 21.0. The predicted molar refractivity (Wildman–Crippen MR) is 115 cm³/mol. The van der Waals surface area contributed by atoms with Crippen molar-refractivity contribution < 1.29 is 14.2 Å². The number of rotatable bonds is 5. The minimum atomic E-state index is -0.869. The first-order chi connectivity index (χ1) is 13.9. The fourth-order valence-corrected chi connectivity index (χ4v) is 3.55. The van der Waals surface area contributed by atoms with Crippen molar-refractivity contribution in [1.82, 2.24) is 5.16 Å². The molecule has 0 bridgehead atoms. The zero-order valence-corrected chi connectivity index (χ0v) is 17.9. The minimum Gasteiger partial charge on any atom is -0.359 e. The maximum atomic E-state index is 12.2. The largest absolute Gasteiger partial charge is 0.438 e. The van der Waals surface area contributed by atoms with Crippen molar-refractivity contribution in [2.45, 2.75) is 13.3 Å². The normalized spacial score (nSPS) is 11.1. The highest BCUT2D eigenvalue weighted by Crippen LogP contribution is 2.39. The molecule has 10 heteroatoms. The van der Waals surface area contributed by atoms with Crippen LogP contribution in [0.25, 0.3) is 11.3 Å². The molecule has 0 radical (unpaired) electrons.